The molecule has 2 saturated heterocycles. The first-order valence-electron chi connectivity index (χ1n) is 10.0. The van der Waals surface area contributed by atoms with Crippen LogP contribution in [0, 0.1) is 15.9 Å². The van der Waals surface area contributed by atoms with Gasteiger partial charge in [-0.1, -0.05) is 18.6 Å². The summed E-state index contributed by atoms with van der Waals surface area (Å²) in [6.07, 6.45) is 5.16. The molecule has 2 aromatic carbocycles. The van der Waals surface area contributed by atoms with Crippen LogP contribution in [0.4, 0.5) is 10.1 Å². The number of non-ortho nitro benzene ring substituents is 1. The number of halogens is 1. The molecule has 0 radical (unpaired) electrons. The van der Waals surface area contributed by atoms with Crippen molar-refractivity contribution in [1.82, 2.24) is 10.2 Å². The Morgan fingerprint density at radius 1 is 1.07 bits per heavy atom. The van der Waals surface area contributed by atoms with Crippen LogP contribution in [-0.4, -0.2) is 33.9 Å². The number of nitro groups is 1. The Morgan fingerprint density at radius 2 is 1.69 bits per heavy atom. The maximum absolute atomic E-state index is 13.2. The second-order valence-electron chi connectivity index (χ2n) is 7.98. The molecule has 4 rings (SSSR count). The lowest BCUT2D eigenvalue weighted by Crippen LogP contribution is -2.56. The molecule has 152 valence electrons. The second-order valence-corrected chi connectivity index (χ2v) is 7.98. The Morgan fingerprint density at radius 3 is 2.28 bits per heavy atom. The molecule has 1 amide bonds. The molecule has 6 nitrogen and oxygen atoms in total. The third kappa shape index (κ3) is 4.45. The van der Waals surface area contributed by atoms with Gasteiger partial charge in [-0.15, -0.1) is 0 Å². The molecule has 7 heteroatoms. The van der Waals surface area contributed by atoms with E-state index in [9.17, 15) is 19.3 Å². The highest BCUT2D eigenvalue weighted by Gasteiger charge is 2.38. The fraction of sp³-hybridized carbons (Fsp3) is 0.409. The molecule has 2 aliphatic heterocycles. The number of amides is 1. The minimum Gasteiger partial charge on any atom is -0.349 e. The van der Waals surface area contributed by atoms with Crippen LogP contribution in [0.1, 0.15) is 48.0 Å². The number of carbonyl (C=O) groups is 1. The molecule has 2 fully saturated rings. The predicted molar refractivity (Wildman–Crippen MR) is 107 cm³/mol. The quantitative estimate of drug-likeness (QED) is 0.610. The summed E-state index contributed by atoms with van der Waals surface area (Å²) in [5.41, 5.74) is 1.52. The number of nitrogens with one attached hydrogen (secondary N) is 1. The number of hydrogen-bond donors (Lipinski definition) is 1. The minimum atomic E-state index is -0.473. The molecule has 0 spiro atoms. The largest absolute Gasteiger partial charge is 0.349 e. The van der Waals surface area contributed by atoms with Gasteiger partial charge in [-0.3, -0.25) is 19.8 Å². The molecular formula is C22H24FN3O3. The van der Waals surface area contributed by atoms with Gasteiger partial charge >= 0.3 is 0 Å². The zero-order valence-corrected chi connectivity index (χ0v) is 16.1. The Labute approximate surface area is 168 Å². The zero-order chi connectivity index (χ0) is 20.4. The molecule has 2 bridgehead atoms. The van der Waals surface area contributed by atoms with Crippen LogP contribution in [0.2, 0.25) is 0 Å². The van der Waals surface area contributed by atoms with E-state index in [-0.39, 0.29) is 23.5 Å². The van der Waals surface area contributed by atoms with Crippen LogP contribution in [0.25, 0.3) is 0 Å². The molecule has 29 heavy (non-hydrogen) atoms. The summed E-state index contributed by atoms with van der Waals surface area (Å²) in [5, 5.41) is 13.9. The molecular weight excluding hydrogens is 373 g/mol. The van der Waals surface area contributed by atoms with Crippen molar-refractivity contribution in [3.63, 3.8) is 0 Å². The van der Waals surface area contributed by atoms with Gasteiger partial charge in [0.2, 0.25) is 0 Å². The average molecular weight is 397 g/mol. The highest BCUT2D eigenvalue weighted by Crippen LogP contribution is 2.35. The first kappa shape index (κ1) is 19.5. The second kappa shape index (κ2) is 8.29. The van der Waals surface area contributed by atoms with Gasteiger partial charge in [0, 0.05) is 42.4 Å². The molecule has 2 heterocycles. The number of carbonyl (C=O) groups excluding carboxylic acids is 1. The van der Waals surface area contributed by atoms with Crippen LogP contribution in [-0.2, 0) is 6.54 Å². The van der Waals surface area contributed by atoms with Gasteiger partial charge in [0.25, 0.3) is 11.6 Å². The summed E-state index contributed by atoms with van der Waals surface area (Å²) >= 11 is 0. The monoisotopic (exact) mass is 397 g/mol. The van der Waals surface area contributed by atoms with Crippen molar-refractivity contribution in [2.24, 2.45) is 0 Å². The molecule has 0 unspecified atom stereocenters. The summed E-state index contributed by atoms with van der Waals surface area (Å²) in [6.45, 7) is 0.804. The Hall–Kier alpha value is -2.80. The summed E-state index contributed by atoms with van der Waals surface area (Å²) in [5.74, 6) is -0.406. The molecule has 2 aromatic rings. The lowest BCUT2D eigenvalue weighted by Gasteiger charge is -2.49. The zero-order valence-electron chi connectivity index (χ0n) is 16.1. The fourth-order valence-corrected chi connectivity index (χ4v) is 4.66. The van der Waals surface area contributed by atoms with Crippen molar-refractivity contribution >= 4 is 11.6 Å². The van der Waals surface area contributed by atoms with E-state index in [1.165, 1.54) is 42.8 Å². The summed E-state index contributed by atoms with van der Waals surface area (Å²) in [4.78, 5) is 25.4. The maximum Gasteiger partial charge on any atom is 0.269 e. The van der Waals surface area contributed by atoms with Gasteiger partial charge in [0.05, 0.1) is 4.92 Å². The third-order valence-electron chi connectivity index (χ3n) is 6.08. The number of nitro benzene ring substituents is 1. The van der Waals surface area contributed by atoms with Crippen LogP contribution in [0.3, 0.4) is 0 Å². The van der Waals surface area contributed by atoms with Gasteiger partial charge in [-0.2, -0.15) is 0 Å². The SMILES string of the molecule is O=C(NC1C[C@H]2CCC[C@H](C1)N2Cc1ccc(F)cc1)c1ccc([N+](=O)[O-])cc1. The highest BCUT2D eigenvalue weighted by molar-refractivity contribution is 5.94. The van der Waals surface area contributed by atoms with Crippen LogP contribution in [0.5, 0.6) is 0 Å². The maximum atomic E-state index is 13.2. The van der Waals surface area contributed by atoms with Crippen molar-refractivity contribution in [1.29, 1.82) is 0 Å². The first-order valence-corrected chi connectivity index (χ1v) is 10.0. The standard InChI is InChI=1S/C22H24FN3O3/c23-17-8-4-15(5-9-17)14-25-20-2-1-3-21(25)13-18(12-20)24-22(27)16-6-10-19(11-7-16)26(28)29/h4-11,18,20-21H,1-3,12-14H2,(H,24,27)/t20-,21-/m1/s1. The van der Waals surface area contributed by atoms with Gasteiger partial charge < -0.3 is 5.32 Å². The lowest BCUT2D eigenvalue weighted by molar-refractivity contribution is -0.384. The summed E-state index contributed by atoms with van der Waals surface area (Å²) in [7, 11) is 0. The van der Waals surface area contributed by atoms with E-state index in [4.69, 9.17) is 0 Å². The van der Waals surface area contributed by atoms with Crippen LogP contribution < -0.4 is 5.32 Å². The van der Waals surface area contributed by atoms with Crippen molar-refractivity contribution in [3.05, 3.63) is 75.6 Å². The highest BCUT2D eigenvalue weighted by atomic mass is 19.1. The minimum absolute atomic E-state index is 0.0230. The number of rotatable bonds is 5. The average Bonchev–Trinajstić information content (AvgIpc) is 2.70. The van der Waals surface area contributed by atoms with Gasteiger partial charge in [-0.25, -0.2) is 4.39 Å². The van der Waals surface area contributed by atoms with Crippen molar-refractivity contribution in [3.8, 4) is 0 Å². The first-order chi connectivity index (χ1) is 14.0. The predicted octanol–water partition coefficient (Wildman–Crippen LogP) is 4.05. The van der Waals surface area contributed by atoms with Gasteiger partial charge in [0.15, 0.2) is 0 Å². The van der Waals surface area contributed by atoms with Crippen molar-refractivity contribution < 1.29 is 14.1 Å². The molecule has 1 N–H and O–H groups in total. The van der Waals surface area contributed by atoms with Crippen LogP contribution in [0.15, 0.2) is 48.5 Å². The third-order valence-corrected chi connectivity index (χ3v) is 6.08. The van der Waals surface area contributed by atoms with E-state index in [0.717, 1.165) is 37.8 Å². The van der Waals surface area contributed by atoms with Crippen molar-refractivity contribution in [2.45, 2.75) is 56.8 Å². The topological polar surface area (TPSA) is 75.5 Å². The number of nitrogens with zero attached hydrogens (tertiary/aromatic N) is 2. The van der Waals surface area contributed by atoms with E-state index in [2.05, 4.69) is 10.2 Å². The van der Waals surface area contributed by atoms with E-state index in [1.807, 2.05) is 12.1 Å². The molecule has 2 aliphatic rings. The van der Waals surface area contributed by atoms with Gasteiger partial charge in [0.1, 0.15) is 5.82 Å². The van der Waals surface area contributed by atoms with Gasteiger partial charge in [-0.05, 0) is 55.5 Å². The Kier molecular flexibility index (Phi) is 5.58. The van der Waals surface area contributed by atoms with E-state index >= 15 is 0 Å². The fourth-order valence-electron chi connectivity index (χ4n) is 4.66. The molecule has 0 aliphatic carbocycles. The molecule has 2 atom stereocenters. The Balaban J connectivity index is 1.39. The summed E-state index contributed by atoms with van der Waals surface area (Å²) < 4.78 is 13.2. The summed E-state index contributed by atoms with van der Waals surface area (Å²) in [6, 6.07) is 13.3. The number of benzene rings is 2. The van der Waals surface area contributed by atoms with E-state index in [0.29, 0.717) is 17.6 Å². The molecule has 0 aromatic heterocycles. The number of hydrogen-bond acceptors (Lipinski definition) is 4. The molecule has 0 saturated carbocycles. The lowest BCUT2D eigenvalue weighted by atomic mass is 9.81. The normalized spacial score (nSPS) is 24.1. The van der Waals surface area contributed by atoms with Crippen molar-refractivity contribution in [2.75, 3.05) is 0 Å². The van der Waals surface area contributed by atoms with Crippen LogP contribution >= 0.6 is 0 Å². The van der Waals surface area contributed by atoms with E-state index < -0.39 is 4.92 Å². The smallest absolute Gasteiger partial charge is 0.269 e. The number of fused-ring (bicyclic) bond motifs is 2. The number of piperidine rings is 2. The Bertz CT molecular complexity index is 871. The van der Waals surface area contributed by atoms with E-state index in [1.54, 1.807) is 0 Å².